The van der Waals surface area contributed by atoms with E-state index in [2.05, 4.69) is 32.6 Å². The summed E-state index contributed by atoms with van der Waals surface area (Å²) in [6, 6.07) is 5.72. The number of aromatic nitrogens is 3. The predicted molar refractivity (Wildman–Crippen MR) is 76.1 cm³/mol. The van der Waals surface area contributed by atoms with Crippen molar-refractivity contribution in [2.75, 3.05) is 5.32 Å². The second kappa shape index (κ2) is 5.05. The van der Waals surface area contributed by atoms with Crippen molar-refractivity contribution >= 4 is 11.9 Å². The van der Waals surface area contributed by atoms with Crippen molar-refractivity contribution in [1.29, 1.82) is 0 Å². The molecule has 0 fully saturated rings. The van der Waals surface area contributed by atoms with Crippen molar-refractivity contribution in [3.8, 4) is 11.4 Å². The molecule has 3 rings (SSSR count). The predicted octanol–water partition coefficient (Wildman–Crippen LogP) is 1.25. The van der Waals surface area contributed by atoms with Crippen LogP contribution in [0.2, 0.25) is 0 Å². The van der Waals surface area contributed by atoms with Gasteiger partial charge in [0.15, 0.2) is 5.82 Å². The Kier molecular flexibility index (Phi) is 3.23. The number of amides is 1. The van der Waals surface area contributed by atoms with Crippen molar-refractivity contribution in [3.05, 3.63) is 29.3 Å². The van der Waals surface area contributed by atoms with Crippen LogP contribution < -0.4 is 11.1 Å². The molecule has 1 heterocycles. The number of H-pyrrole nitrogens is 1. The summed E-state index contributed by atoms with van der Waals surface area (Å²) in [5, 5.41) is 9.39. The van der Waals surface area contributed by atoms with Gasteiger partial charge in [0.2, 0.25) is 11.9 Å². The van der Waals surface area contributed by atoms with Gasteiger partial charge in [-0.25, -0.2) is 0 Å². The van der Waals surface area contributed by atoms with Crippen LogP contribution in [-0.2, 0) is 17.6 Å². The van der Waals surface area contributed by atoms with Crippen LogP contribution in [0.15, 0.2) is 18.2 Å². The van der Waals surface area contributed by atoms with Crippen LogP contribution in [0.3, 0.4) is 0 Å². The molecule has 1 aromatic heterocycles. The fraction of sp³-hybridized carbons (Fsp3) is 0.357. The van der Waals surface area contributed by atoms with E-state index >= 15 is 0 Å². The molecule has 0 radical (unpaired) electrons. The number of carbonyl (C=O) groups excluding carboxylic acids is 1. The van der Waals surface area contributed by atoms with E-state index in [4.69, 9.17) is 5.73 Å². The highest BCUT2D eigenvalue weighted by atomic mass is 16.2. The van der Waals surface area contributed by atoms with E-state index < -0.39 is 6.04 Å². The Morgan fingerprint density at radius 2 is 2.20 bits per heavy atom. The van der Waals surface area contributed by atoms with E-state index in [-0.39, 0.29) is 11.9 Å². The van der Waals surface area contributed by atoms with E-state index in [0.717, 1.165) is 18.4 Å². The fourth-order valence-electron chi connectivity index (χ4n) is 2.39. The molecule has 0 unspecified atom stereocenters. The van der Waals surface area contributed by atoms with Crippen LogP contribution in [0.25, 0.3) is 11.4 Å². The summed E-state index contributed by atoms with van der Waals surface area (Å²) in [6.45, 7) is 1.61. The molecule has 6 heteroatoms. The first-order valence-electron chi connectivity index (χ1n) is 6.74. The summed E-state index contributed by atoms with van der Waals surface area (Å²) < 4.78 is 0. The van der Waals surface area contributed by atoms with Crippen molar-refractivity contribution < 1.29 is 4.79 Å². The molecule has 1 amide bonds. The average molecular weight is 271 g/mol. The van der Waals surface area contributed by atoms with Crippen LogP contribution in [0.5, 0.6) is 0 Å². The molecule has 20 heavy (non-hydrogen) atoms. The summed E-state index contributed by atoms with van der Waals surface area (Å²) in [5.74, 6) is 0.604. The second-order valence-corrected chi connectivity index (χ2v) is 5.12. The van der Waals surface area contributed by atoms with Gasteiger partial charge in [0.05, 0.1) is 6.04 Å². The van der Waals surface area contributed by atoms with Crippen molar-refractivity contribution in [1.82, 2.24) is 15.2 Å². The first-order chi connectivity index (χ1) is 9.63. The topological polar surface area (TPSA) is 96.7 Å². The summed E-state index contributed by atoms with van der Waals surface area (Å²) in [7, 11) is 0. The normalized spacial score (nSPS) is 14.9. The molecule has 104 valence electrons. The molecule has 0 aliphatic heterocycles. The number of benzene rings is 1. The highest BCUT2D eigenvalue weighted by molar-refractivity contribution is 5.92. The summed E-state index contributed by atoms with van der Waals surface area (Å²) in [5.41, 5.74) is 9.26. The molecule has 1 atom stereocenters. The number of aromatic amines is 1. The molecule has 2 aromatic rings. The van der Waals surface area contributed by atoms with Crippen molar-refractivity contribution in [3.63, 3.8) is 0 Å². The lowest BCUT2D eigenvalue weighted by atomic mass is 10.1. The number of hydrogen-bond acceptors (Lipinski definition) is 4. The Balaban J connectivity index is 1.81. The third-order valence-electron chi connectivity index (χ3n) is 3.51. The quantitative estimate of drug-likeness (QED) is 0.782. The Morgan fingerprint density at radius 1 is 1.40 bits per heavy atom. The zero-order valence-electron chi connectivity index (χ0n) is 11.3. The van der Waals surface area contributed by atoms with Crippen molar-refractivity contribution in [2.45, 2.75) is 32.2 Å². The zero-order valence-corrected chi connectivity index (χ0v) is 11.3. The van der Waals surface area contributed by atoms with Crippen LogP contribution in [0, 0.1) is 0 Å². The largest absolute Gasteiger partial charge is 0.320 e. The highest BCUT2D eigenvalue weighted by Crippen LogP contribution is 2.26. The molecule has 4 N–H and O–H groups in total. The minimum Gasteiger partial charge on any atom is -0.320 e. The number of aryl methyl sites for hydroxylation is 2. The minimum atomic E-state index is -0.586. The Morgan fingerprint density at radius 3 is 3.00 bits per heavy atom. The second-order valence-electron chi connectivity index (χ2n) is 5.12. The number of hydrogen-bond donors (Lipinski definition) is 3. The van der Waals surface area contributed by atoms with Gasteiger partial charge in [0.25, 0.3) is 0 Å². The van der Waals surface area contributed by atoms with Gasteiger partial charge in [0, 0.05) is 5.56 Å². The maximum absolute atomic E-state index is 11.5. The first-order valence-corrected chi connectivity index (χ1v) is 6.74. The van der Waals surface area contributed by atoms with Gasteiger partial charge in [-0.3, -0.25) is 15.2 Å². The van der Waals surface area contributed by atoms with Crippen LogP contribution >= 0.6 is 0 Å². The Bertz CT molecular complexity index is 647. The van der Waals surface area contributed by atoms with E-state index in [1.807, 2.05) is 6.07 Å². The van der Waals surface area contributed by atoms with Crippen LogP contribution in [-0.4, -0.2) is 27.1 Å². The molecule has 1 aromatic carbocycles. The number of carbonyl (C=O) groups is 1. The van der Waals surface area contributed by atoms with Crippen LogP contribution in [0.4, 0.5) is 5.95 Å². The number of rotatable bonds is 3. The summed E-state index contributed by atoms with van der Waals surface area (Å²) in [4.78, 5) is 15.8. The lowest BCUT2D eigenvalue weighted by molar-refractivity contribution is -0.117. The molecular weight excluding hydrogens is 254 g/mol. The van der Waals surface area contributed by atoms with Gasteiger partial charge in [-0.15, -0.1) is 5.10 Å². The average Bonchev–Trinajstić information content (AvgIpc) is 3.05. The maximum Gasteiger partial charge on any atom is 0.249 e. The molecule has 1 aliphatic rings. The van der Waals surface area contributed by atoms with E-state index in [1.165, 1.54) is 17.5 Å². The monoisotopic (exact) mass is 271 g/mol. The molecule has 0 spiro atoms. The molecule has 1 aliphatic carbocycles. The number of fused-ring (bicyclic) bond motifs is 1. The van der Waals surface area contributed by atoms with Crippen molar-refractivity contribution in [2.24, 2.45) is 5.73 Å². The Labute approximate surface area is 116 Å². The van der Waals surface area contributed by atoms with E-state index in [9.17, 15) is 4.79 Å². The molecule has 6 nitrogen and oxygen atoms in total. The van der Waals surface area contributed by atoms with Gasteiger partial charge in [0.1, 0.15) is 0 Å². The standard InChI is InChI=1S/C14H17N5O/c1-8(15)13(20)17-14-16-12(18-19-14)11-6-5-9-3-2-4-10(9)7-11/h5-8H,2-4,15H2,1H3,(H2,16,17,18,19,20)/t8-/m1/s1. The fourth-order valence-corrected chi connectivity index (χ4v) is 2.39. The maximum atomic E-state index is 11.5. The smallest absolute Gasteiger partial charge is 0.249 e. The lowest BCUT2D eigenvalue weighted by Crippen LogP contribution is -2.32. The van der Waals surface area contributed by atoms with Gasteiger partial charge in [-0.1, -0.05) is 12.1 Å². The first kappa shape index (κ1) is 12.8. The molecule has 0 saturated heterocycles. The van der Waals surface area contributed by atoms with Crippen LogP contribution in [0.1, 0.15) is 24.5 Å². The number of nitrogens with zero attached hydrogens (tertiary/aromatic N) is 2. The molecule has 0 bridgehead atoms. The third-order valence-corrected chi connectivity index (χ3v) is 3.51. The zero-order chi connectivity index (χ0) is 14.1. The van der Waals surface area contributed by atoms with Gasteiger partial charge in [-0.2, -0.15) is 4.98 Å². The summed E-state index contributed by atoms with van der Waals surface area (Å²) >= 11 is 0. The number of nitrogens with two attached hydrogens (primary N) is 1. The summed E-state index contributed by atoms with van der Waals surface area (Å²) in [6.07, 6.45) is 3.48. The SMILES string of the molecule is C[C@@H](N)C(=O)Nc1n[nH]c(-c2ccc3c(c2)CCC3)n1. The third kappa shape index (κ3) is 2.42. The molecule has 0 saturated carbocycles. The Hall–Kier alpha value is -2.21. The highest BCUT2D eigenvalue weighted by Gasteiger charge is 2.14. The molecular formula is C14H17N5O. The van der Waals surface area contributed by atoms with Gasteiger partial charge in [-0.05, 0) is 43.4 Å². The van der Waals surface area contributed by atoms with Gasteiger partial charge < -0.3 is 5.73 Å². The number of anilines is 1. The number of nitrogens with one attached hydrogen (secondary N) is 2. The van der Waals surface area contributed by atoms with E-state index in [0.29, 0.717) is 5.82 Å². The minimum absolute atomic E-state index is 0.253. The lowest BCUT2D eigenvalue weighted by Gasteiger charge is -2.03. The van der Waals surface area contributed by atoms with Gasteiger partial charge >= 0.3 is 0 Å². The van der Waals surface area contributed by atoms with E-state index in [1.54, 1.807) is 6.92 Å².